The smallest absolute Gasteiger partial charge is 0.322 e. The molecule has 1 aliphatic rings. The summed E-state index contributed by atoms with van der Waals surface area (Å²) in [5.41, 5.74) is 0.753. The Kier molecular flexibility index (Phi) is 3.61. The van der Waals surface area contributed by atoms with Gasteiger partial charge < -0.3 is 10.2 Å². The first kappa shape index (κ1) is 14.9. The molecular formula is C11H17N3O5S. The van der Waals surface area contributed by atoms with E-state index in [1.54, 1.807) is 20.9 Å². The van der Waals surface area contributed by atoms with Gasteiger partial charge in [-0.1, -0.05) is 0 Å². The molecule has 0 radical (unpaired) electrons. The van der Waals surface area contributed by atoms with Crippen LogP contribution < -0.4 is 0 Å². The highest BCUT2D eigenvalue weighted by Gasteiger charge is 2.45. The fourth-order valence-corrected chi connectivity index (χ4v) is 4.55. The summed E-state index contributed by atoms with van der Waals surface area (Å²) in [6.45, 7) is 2.95. The molecule has 0 aliphatic carbocycles. The molecule has 9 heteroatoms. The zero-order valence-electron chi connectivity index (χ0n) is 11.4. The van der Waals surface area contributed by atoms with Gasteiger partial charge in [0, 0.05) is 20.0 Å². The molecule has 2 heterocycles. The Labute approximate surface area is 116 Å². The minimum absolute atomic E-state index is 0.0142. The second-order valence-electron chi connectivity index (χ2n) is 4.94. The van der Waals surface area contributed by atoms with Gasteiger partial charge in [0.1, 0.15) is 10.9 Å². The molecule has 1 aromatic heterocycles. The monoisotopic (exact) mass is 303 g/mol. The first-order valence-electron chi connectivity index (χ1n) is 6.09. The van der Waals surface area contributed by atoms with Crippen molar-refractivity contribution in [3.8, 4) is 0 Å². The number of β-amino-alcohol motifs (C(OH)–C–C–N with tert-alkyl or cyclic N) is 1. The molecule has 0 bridgehead atoms. The van der Waals surface area contributed by atoms with Gasteiger partial charge in [0.15, 0.2) is 0 Å². The molecule has 0 aromatic carbocycles. The highest BCUT2D eigenvalue weighted by atomic mass is 32.2. The third kappa shape index (κ3) is 2.21. The molecule has 0 amide bonds. The molecular weight excluding hydrogens is 286 g/mol. The number of hydrogen-bond donors (Lipinski definition) is 2. The first-order chi connectivity index (χ1) is 9.16. The Morgan fingerprint density at radius 1 is 1.40 bits per heavy atom. The second-order valence-corrected chi connectivity index (χ2v) is 6.77. The van der Waals surface area contributed by atoms with Crippen molar-refractivity contribution in [2.24, 2.45) is 7.05 Å². The number of aromatic nitrogens is 2. The Balaban J connectivity index is 2.52. The Hall–Kier alpha value is -1.45. The molecule has 2 atom stereocenters. The summed E-state index contributed by atoms with van der Waals surface area (Å²) in [5, 5.41) is 22.7. The lowest BCUT2D eigenvalue weighted by Crippen LogP contribution is -2.40. The van der Waals surface area contributed by atoms with Gasteiger partial charge in [-0.3, -0.25) is 9.48 Å². The van der Waals surface area contributed by atoms with Crippen LogP contribution in [-0.4, -0.2) is 57.4 Å². The highest BCUT2D eigenvalue weighted by molar-refractivity contribution is 7.89. The molecule has 0 spiro atoms. The van der Waals surface area contributed by atoms with Crippen LogP contribution in [0.15, 0.2) is 4.90 Å². The number of carboxylic acids is 1. The van der Waals surface area contributed by atoms with Crippen LogP contribution in [0.4, 0.5) is 0 Å². The summed E-state index contributed by atoms with van der Waals surface area (Å²) < 4.78 is 27.6. The Morgan fingerprint density at radius 2 is 2.00 bits per heavy atom. The van der Waals surface area contributed by atoms with E-state index >= 15 is 0 Å². The largest absolute Gasteiger partial charge is 0.480 e. The molecule has 0 saturated carbocycles. The number of hydrogen-bond acceptors (Lipinski definition) is 5. The SMILES string of the molecule is Cc1nn(C)c(C)c1S(=O)(=O)N1C[C@H](O)C[C@H]1C(=O)O. The van der Waals surface area contributed by atoms with E-state index in [1.807, 2.05) is 0 Å². The molecule has 8 nitrogen and oxygen atoms in total. The van der Waals surface area contributed by atoms with E-state index in [0.29, 0.717) is 11.4 Å². The maximum Gasteiger partial charge on any atom is 0.322 e. The van der Waals surface area contributed by atoms with Gasteiger partial charge in [0.05, 0.1) is 17.5 Å². The van der Waals surface area contributed by atoms with Crippen molar-refractivity contribution >= 4 is 16.0 Å². The predicted octanol–water partition coefficient (Wildman–Crippen LogP) is -0.755. The van der Waals surface area contributed by atoms with E-state index in [0.717, 1.165) is 4.31 Å². The second kappa shape index (κ2) is 4.83. The van der Waals surface area contributed by atoms with E-state index in [2.05, 4.69) is 5.10 Å². The number of carboxylic acid groups (broad SMARTS) is 1. The standard InChI is InChI=1S/C11H17N3O5S/c1-6-10(7(2)13(3)12-6)20(18,19)14-5-8(15)4-9(14)11(16)17/h8-9,15H,4-5H2,1-3H3,(H,16,17)/t8-,9+/m1/s1. The van der Waals surface area contributed by atoms with Crippen molar-refractivity contribution in [3.05, 3.63) is 11.4 Å². The highest BCUT2D eigenvalue weighted by Crippen LogP contribution is 2.29. The van der Waals surface area contributed by atoms with E-state index in [4.69, 9.17) is 5.11 Å². The first-order valence-corrected chi connectivity index (χ1v) is 7.53. The molecule has 1 aliphatic heterocycles. The van der Waals surface area contributed by atoms with Crippen LogP contribution in [0.25, 0.3) is 0 Å². The molecule has 2 rings (SSSR count). The van der Waals surface area contributed by atoms with Crippen LogP contribution in [0.5, 0.6) is 0 Å². The van der Waals surface area contributed by atoms with E-state index in [-0.39, 0.29) is 17.9 Å². The number of rotatable bonds is 3. The summed E-state index contributed by atoms with van der Waals surface area (Å²) in [5.74, 6) is -1.26. The maximum atomic E-state index is 12.6. The maximum absolute atomic E-state index is 12.6. The summed E-state index contributed by atoms with van der Waals surface area (Å²) in [6.07, 6.45) is -1.07. The van der Waals surface area contributed by atoms with Gasteiger partial charge in [-0.25, -0.2) is 8.42 Å². The van der Waals surface area contributed by atoms with Crippen molar-refractivity contribution < 1.29 is 23.4 Å². The fourth-order valence-electron chi connectivity index (χ4n) is 2.52. The average Bonchev–Trinajstić information content (AvgIpc) is 2.81. The number of nitrogens with zero attached hydrogens (tertiary/aromatic N) is 3. The van der Waals surface area contributed by atoms with Crippen LogP contribution in [0.1, 0.15) is 17.8 Å². The number of aliphatic hydroxyl groups is 1. The van der Waals surface area contributed by atoms with Crippen LogP contribution in [0.2, 0.25) is 0 Å². The van der Waals surface area contributed by atoms with Crippen LogP contribution in [0.3, 0.4) is 0 Å². The molecule has 1 fully saturated rings. The van der Waals surface area contributed by atoms with Crippen molar-refractivity contribution in [1.29, 1.82) is 0 Å². The minimum atomic E-state index is -4.00. The molecule has 112 valence electrons. The predicted molar refractivity (Wildman–Crippen MR) is 68.6 cm³/mol. The summed E-state index contributed by atoms with van der Waals surface area (Å²) in [7, 11) is -2.38. The van der Waals surface area contributed by atoms with Crippen molar-refractivity contribution in [1.82, 2.24) is 14.1 Å². The van der Waals surface area contributed by atoms with Gasteiger partial charge in [0.25, 0.3) is 0 Å². The van der Waals surface area contributed by atoms with Gasteiger partial charge in [-0.15, -0.1) is 0 Å². The average molecular weight is 303 g/mol. The van der Waals surface area contributed by atoms with Crippen molar-refractivity contribution in [2.75, 3.05) is 6.54 Å². The van der Waals surface area contributed by atoms with Gasteiger partial charge >= 0.3 is 5.97 Å². The van der Waals surface area contributed by atoms with E-state index in [9.17, 15) is 18.3 Å². The Morgan fingerprint density at radius 3 is 2.45 bits per heavy atom. The van der Waals surface area contributed by atoms with Crippen molar-refractivity contribution in [3.63, 3.8) is 0 Å². The summed E-state index contributed by atoms with van der Waals surface area (Å²) >= 11 is 0. The number of aliphatic carboxylic acids is 1. The summed E-state index contributed by atoms with van der Waals surface area (Å²) in [6, 6.07) is -1.24. The molecule has 2 N–H and O–H groups in total. The zero-order valence-corrected chi connectivity index (χ0v) is 12.3. The van der Waals surface area contributed by atoms with Crippen molar-refractivity contribution in [2.45, 2.75) is 37.3 Å². The van der Waals surface area contributed by atoms with Gasteiger partial charge in [-0.2, -0.15) is 9.40 Å². The zero-order chi connectivity index (χ0) is 15.2. The molecule has 1 aromatic rings. The number of sulfonamides is 1. The molecule has 1 saturated heterocycles. The van der Waals surface area contributed by atoms with E-state index in [1.165, 1.54) is 4.68 Å². The van der Waals surface area contributed by atoms with E-state index < -0.39 is 28.1 Å². The lowest BCUT2D eigenvalue weighted by molar-refractivity contribution is -0.140. The van der Waals surface area contributed by atoms with Crippen LogP contribution >= 0.6 is 0 Å². The lowest BCUT2D eigenvalue weighted by Gasteiger charge is -2.20. The minimum Gasteiger partial charge on any atom is -0.480 e. The van der Waals surface area contributed by atoms with Gasteiger partial charge in [-0.05, 0) is 13.8 Å². The lowest BCUT2D eigenvalue weighted by atomic mass is 10.2. The third-order valence-corrected chi connectivity index (χ3v) is 5.66. The fraction of sp³-hybridized carbons (Fsp3) is 0.636. The number of carbonyl (C=O) groups is 1. The molecule has 0 unspecified atom stereocenters. The summed E-state index contributed by atoms with van der Waals surface area (Å²) in [4.78, 5) is 11.2. The quantitative estimate of drug-likeness (QED) is 0.759. The normalized spacial score (nSPS) is 24.2. The number of aryl methyl sites for hydroxylation is 2. The topological polar surface area (TPSA) is 113 Å². The van der Waals surface area contributed by atoms with Gasteiger partial charge in [0.2, 0.25) is 10.0 Å². The van der Waals surface area contributed by atoms with Crippen LogP contribution in [-0.2, 0) is 21.9 Å². The Bertz CT molecular complexity index is 651. The third-order valence-electron chi connectivity index (χ3n) is 3.53. The van der Waals surface area contributed by atoms with Crippen LogP contribution in [0, 0.1) is 13.8 Å². The molecule has 20 heavy (non-hydrogen) atoms. The number of aliphatic hydroxyl groups excluding tert-OH is 1.